The van der Waals surface area contributed by atoms with Crippen LogP contribution in [0, 0.1) is 12.8 Å². The van der Waals surface area contributed by atoms with Gasteiger partial charge in [-0.1, -0.05) is 5.16 Å². The maximum absolute atomic E-state index is 12.0. The molecule has 1 unspecified atom stereocenters. The second-order valence-electron chi connectivity index (χ2n) is 4.25. The average molecular weight is 238 g/mol. The van der Waals surface area contributed by atoms with Crippen LogP contribution in [0.4, 0.5) is 0 Å². The predicted molar refractivity (Wildman–Crippen MR) is 57.5 cm³/mol. The third-order valence-electron chi connectivity index (χ3n) is 2.90. The summed E-state index contributed by atoms with van der Waals surface area (Å²) in [5, 5.41) is 12.6. The molecule has 0 saturated carbocycles. The molecular weight excluding hydrogens is 224 g/mol. The van der Waals surface area contributed by atoms with Crippen LogP contribution in [0.3, 0.4) is 0 Å². The Kier molecular flexibility index (Phi) is 3.12. The van der Waals surface area contributed by atoms with Gasteiger partial charge >= 0.3 is 5.97 Å². The van der Waals surface area contributed by atoms with Gasteiger partial charge in [-0.2, -0.15) is 0 Å². The standard InChI is InChI=1S/C11H14N2O4/c1-7-5-9(12-17-7)10(14)13-4-2-3-8(6-13)11(15)16/h5,8H,2-4,6H2,1H3,(H,15,16). The highest BCUT2D eigenvalue weighted by Gasteiger charge is 2.29. The molecule has 92 valence electrons. The first-order valence-electron chi connectivity index (χ1n) is 5.53. The lowest BCUT2D eigenvalue weighted by molar-refractivity contribution is -0.143. The minimum Gasteiger partial charge on any atom is -0.481 e. The van der Waals surface area contributed by atoms with Crippen LogP contribution in [0.1, 0.15) is 29.1 Å². The Hall–Kier alpha value is -1.85. The number of carbonyl (C=O) groups excluding carboxylic acids is 1. The number of likely N-dealkylation sites (tertiary alicyclic amines) is 1. The summed E-state index contributed by atoms with van der Waals surface area (Å²) in [6.07, 6.45) is 1.33. The fraction of sp³-hybridized carbons (Fsp3) is 0.545. The normalized spacial score (nSPS) is 20.3. The highest BCUT2D eigenvalue weighted by atomic mass is 16.5. The summed E-state index contributed by atoms with van der Waals surface area (Å²) in [6, 6.07) is 1.56. The number of aryl methyl sites for hydroxylation is 1. The number of carboxylic acid groups (broad SMARTS) is 1. The van der Waals surface area contributed by atoms with Crippen molar-refractivity contribution < 1.29 is 19.2 Å². The van der Waals surface area contributed by atoms with Crippen molar-refractivity contribution in [1.82, 2.24) is 10.1 Å². The number of rotatable bonds is 2. The van der Waals surface area contributed by atoms with Crippen molar-refractivity contribution in [3.05, 3.63) is 17.5 Å². The van der Waals surface area contributed by atoms with Crippen molar-refractivity contribution >= 4 is 11.9 Å². The van der Waals surface area contributed by atoms with E-state index in [9.17, 15) is 9.59 Å². The van der Waals surface area contributed by atoms with Gasteiger partial charge in [-0.15, -0.1) is 0 Å². The monoisotopic (exact) mass is 238 g/mol. The molecule has 6 heteroatoms. The minimum absolute atomic E-state index is 0.244. The van der Waals surface area contributed by atoms with E-state index in [2.05, 4.69) is 5.16 Å². The average Bonchev–Trinajstić information content (AvgIpc) is 2.75. The fourth-order valence-electron chi connectivity index (χ4n) is 1.99. The number of nitrogens with zero attached hydrogens (tertiary/aromatic N) is 2. The molecule has 1 N–H and O–H groups in total. The van der Waals surface area contributed by atoms with Gasteiger partial charge in [0.25, 0.3) is 5.91 Å². The van der Waals surface area contributed by atoms with E-state index in [4.69, 9.17) is 9.63 Å². The molecule has 6 nitrogen and oxygen atoms in total. The molecule has 17 heavy (non-hydrogen) atoms. The summed E-state index contributed by atoms with van der Waals surface area (Å²) in [5.74, 6) is -1.01. The van der Waals surface area contributed by atoms with E-state index in [-0.39, 0.29) is 18.1 Å². The SMILES string of the molecule is Cc1cc(C(=O)N2CCCC(C(=O)O)C2)no1. The van der Waals surface area contributed by atoms with Crippen molar-refractivity contribution in [3.63, 3.8) is 0 Å². The molecule has 1 saturated heterocycles. The molecule has 0 aliphatic carbocycles. The molecule has 1 fully saturated rings. The van der Waals surface area contributed by atoms with Crippen LogP contribution in [0.5, 0.6) is 0 Å². The van der Waals surface area contributed by atoms with Crippen LogP contribution in [-0.4, -0.2) is 40.1 Å². The van der Waals surface area contributed by atoms with Crippen LogP contribution in [0.2, 0.25) is 0 Å². The molecule has 0 aromatic carbocycles. The van der Waals surface area contributed by atoms with Gasteiger partial charge in [0.15, 0.2) is 5.69 Å². The smallest absolute Gasteiger partial charge is 0.308 e. The second-order valence-corrected chi connectivity index (χ2v) is 4.25. The van der Waals surface area contributed by atoms with Crippen LogP contribution < -0.4 is 0 Å². The summed E-state index contributed by atoms with van der Waals surface area (Å²) in [7, 11) is 0. The second kappa shape index (κ2) is 4.57. The van der Waals surface area contributed by atoms with Crippen LogP contribution >= 0.6 is 0 Å². The van der Waals surface area contributed by atoms with Crippen LogP contribution in [0.25, 0.3) is 0 Å². The van der Waals surface area contributed by atoms with Crippen molar-refractivity contribution in [2.24, 2.45) is 5.92 Å². The Labute approximate surface area is 98.2 Å². The Bertz CT molecular complexity index is 440. The number of hydrogen-bond acceptors (Lipinski definition) is 4. The number of carbonyl (C=O) groups is 2. The third-order valence-corrected chi connectivity index (χ3v) is 2.90. The molecule has 0 spiro atoms. The van der Waals surface area contributed by atoms with Gasteiger partial charge in [-0.05, 0) is 19.8 Å². The lowest BCUT2D eigenvalue weighted by Gasteiger charge is -2.29. The minimum atomic E-state index is -0.848. The van der Waals surface area contributed by atoms with Crippen molar-refractivity contribution in [1.29, 1.82) is 0 Å². The molecule has 1 aliphatic heterocycles. The first-order chi connectivity index (χ1) is 8.08. The molecule has 1 aromatic heterocycles. The van der Waals surface area contributed by atoms with E-state index in [1.54, 1.807) is 13.0 Å². The van der Waals surface area contributed by atoms with Gasteiger partial charge in [0.2, 0.25) is 0 Å². The lowest BCUT2D eigenvalue weighted by atomic mass is 9.98. The molecule has 0 bridgehead atoms. The Morgan fingerprint density at radius 2 is 2.35 bits per heavy atom. The van der Waals surface area contributed by atoms with E-state index >= 15 is 0 Å². The van der Waals surface area contributed by atoms with Crippen molar-refractivity contribution in [2.45, 2.75) is 19.8 Å². The van der Waals surface area contributed by atoms with E-state index in [1.807, 2.05) is 0 Å². The fourth-order valence-corrected chi connectivity index (χ4v) is 1.99. The topological polar surface area (TPSA) is 83.6 Å². The number of amides is 1. The zero-order valence-corrected chi connectivity index (χ0v) is 9.55. The summed E-state index contributed by atoms with van der Waals surface area (Å²) < 4.78 is 4.84. The zero-order valence-electron chi connectivity index (χ0n) is 9.55. The van der Waals surface area contributed by atoms with Gasteiger partial charge in [0.1, 0.15) is 5.76 Å². The van der Waals surface area contributed by atoms with E-state index in [0.29, 0.717) is 25.1 Å². The van der Waals surface area contributed by atoms with E-state index in [0.717, 1.165) is 0 Å². The maximum atomic E-state index is 12.0. The lowest BCUT2D eigenvalue weighted by Crippen LogP contribution is -2.42. The summed E-state index contributed by atoms with van der Waals surface area (Å²) in [5.41, 5.74) is 0.244. The molecule has 2 heterocycles. The third kappa shape index (κ3) is 2.46. The first-order valence-corrected chi connectivity index (χ1v) is 5.53. The largest absolute Gasteiger partial charge is 0.481 e. The van der Waals surface area contributed by atoms with E-state index in [1.165, 1.54) is 4.90 Å². The van der Waals surface area contributed by atoms with Crippen LogP contribution in [-0.2, 0) is 4.79 Å². The van der Waals surface area contributed by atoms with Crippen molar-refractivity contribution in [3.8, 4) is 0 Å². The summed E-state index contributed by atoms with van der Waals surface area (Å²) >= 11 is 0. The van der Waals surface area contributed by atoms with Gasteiger partial charge in [0, 0.05) is 19.2 Å². The number of carboxylic acids is 1. The molecule has 1 aromatic rings. The molecule has 1 amide bonds. The van der Waals surface area contributed by atoms with E-state index < -0.39 is 11.9 Å². The highest BCUT2D eigenvalue weighted by molar-refractivity contribution is 5.92. The molecule has 1 atom stereocenters. The first kappa shape index (κ1) is 11.6. The number of aromatic nitrogens is 1. The molecule has 2 rings (SSSR count). The number of piperidine rings is 1. The number of aliphatic carboxylic acids is 1. The summed E-state index contributed by atoms with van der Waals surface area (Å²) in [4.78, 5) is 24.4. The van der Waals surface area contributed by atoms with Crippen molar-refractivity contribution in [2.75, 3.05) is 13.1 Å². The predicted octanol–water partition coefficient (Wildman–Crippen LogP) is 0.920. The van der Waals surface area contributed by atoms with Gasteiger partial charge in [-0.3, -0.25) is 9.59 Å². The Morgan fingerprint density at radius 1 is 1.59 bits per heavy atom. The highest BCUT2D eigenvalue weighted by Crippen LogP contribution is 2.18. The molecule has 1 aliphatic rings. The maximum Gasteiger partial charge on any atom is 0.308 e. The summed E-state index contributed by atoms with van der Waals surface area (Å²) in [6.45, 7) is 2.54. The van der Waals surface area contributed by atoms with Crippen LogP contribution in [0.15, 0.2) is 10.6 Å². The Morgan fingerprint density at radius 3 is 2.94 bits per heavy atom. The van der Waals surface area contributed by atoms with Gasteiger partial charge < -0.3 is 14.5 Å². The van der Waals surface area contributed by atoms with Gasteiger partial charge in [0.05, 0.1) is 5.92 Å². The zero-order chi connectivity index (χ0) is 12.4. The molecule has 0 radical (unpaired) electrons. The number of hydrogen-bond donors (Lipinski definition) is 1. The Balaban J connectivity index is 2.07. The molecular formula is C11H14N2O4. The van der Waals surface area contributed by atoms with Gasteiger partial charge in [-0.25, -0.2) is 0 Å². The quantitative estimate of drug-likeness (QED) is 0.828.